The van der Waals surface area contributed by atoms with Gasteiger partial charge in [0.1, 0.15) is 11.5 Å². The van der Waals surface area contributed by atoms with E-state index in [-0.39, 0.29) is 17.1 Å². The molecule has 0 aliphatic carbocycles. The smallest absolute Gasteiger partial charge is 0.387 e. The van der Waals surface area contributed by atoms with Gasteiger partial charge in [0.05, 0.1) is 12.2 Å². The Morgan fingerprint density at radius 2 is 1.76 bits per heavy atom. The molecule has 0 unspecified atom stereocenters. The fraction of sp³-hybridized carbons (Fsp3) is 0.188. The van der Waals surface area contributed by atoms with Gasteiger partial charge in [0.15, 0.2) is 5.78 Å². The quantitative estimate of drug-likeness (QED) is 0.757. The lowest BCUT2D eigenvalue weighted by Crippen LogP contribution is -2.08. The summed E-state index contributed by atoms with van der Waals surface area (Å²) in [7, 11) is 0. The van der Waals surface area contributed by atoms with Gasteiger partial charge in [-0.3, -0.25) is 4.79 Å². The van der Waals surface area contributed by atoms with Crippen molar-refractivity contribution in [2.24, 2.45) is 0 Å². The highest BCUT2D eigenvalue weighted by Gasteiger charge is 2.16. The maximum atomic E-state index is 12.4. The summed E-state index contributed by atoms with van der Waals surface area (Å²) in [4.78, 5) is 12.4. The molecule has 0 aliphatic rings. The Morgan fingerprint density at radius 1 is 1.10 bits per heavy atom. The van der Waals surface area contributed by atoms with Crippen LogP contribution in [0.15, 0.2) is 48.5 Å². The van der Waals surface area contributed by atoms with Gasteiger partial charge in [-0.25, -0.2) is 0 Å². The Kier molecular flexibility index (Phi) is 4.87. The summed E-state index contributed by atoms with van der Waals surface area (Å²) in [5.41, 5.74) is 0.478. The van der Waals surface area contributed by atoms with E-state index < -0.39 is 6.61 Å². The third-order valence-electron chi connectivity index (χ3n) is 2.78. The van der Waals surface area contributed by atoms with E-state index in [4.69, 9.17) is 4.74 Å². The zero-order valence-electron chi connectivity index (χ0n) is 11.4. The first-order valence-corrected chi connectivity index (χ1v) is 6.43. The zero-order valence-corrected chi connectivity index (χ0v) is 11.4. The van der Waals surface area contributed by atoms with Gasteiger partial charge in [-0.05, 0) is 43.3 Å². The van der Waals surface area contributed by atoms with Crippen molar-refractivity contribution in [3.05, 3.63) is 59.7 Å². The molecule has 0 saturated carbocycles. The van der Waals surface area contributed by atoms with Crippen LogP contribution in [0.3, 0.4) is 0 Å². The van der Waals surface area contributed by atoms with Crippen LogP contribution in [0.1, 0.15) is 22.8 Å². The number of hydrogen-bond donors (Lipinski definition) is 0. The van der Waals surface area contributed by atoms with Gasteiger partial charge in [0, 0.05) is 5.56 Å². The van der Waals surface area contributed by atoms with Crippen molar-refractivity contribution >= 4 is 5.78 Å². The molecule has 0 aliphatic heterocycles. The van der Waals surface area contributed by atoms with Crippen molar-refractivity contribution in [3.8, 4) is 11.5 Å². The maximum absolute atomic E-state index is 12.4. The summed E-state index contributed by atoms with van der Waals surface area (Å²) < 4.78 is 34.4. The van der Waals surface area contributed by atoms with Crippen LogP contribution in [0.2, 0.25) is 0 Å². The molecule has 0 fully saturated rings. The number of para-hydroxylation sites is 1. The van der Waals surface area contributed by atoms with E-state index in [1.54, 1.807) is 30.3 Å². The van der Waals surface area contributed by atoms with Crippen molar-refractivity contribution in [2.45, 2.75) is 13.5 Å². The van der Waals surface area contributed by atoms with Crippen molar-refractivity contribution in [1.82, 2.24) is 0 Å². The Bertz CT molecular complexity index is 609. The van der Waals surface area contributed by atoms with Crippen LogP contribution in [0.25, 0.3) is 0 Å². The number of hydrogen-bond acceptors (Lipinski definition) is 3. The molecule has 0 amide bonds. The van der Waals surface area contributed by atoms with Gasteiger partial charge in [-0.15, -0.1) is 0 Å². The maximum Gasteiger partial charge on any atom is 0.387 e. The van der Waals surface area contributed by atoms with Crippen molar-refractivity contribution in [2.75, 3.05) is 6.61 Å². The SMILES string of the molecule is CCOc1ccc(C(=O)c2ccccc2OC(F)F)cc1. The Hall–Kier alpha value is -2.43. The lowest BCUT2D eigenvalue weighted by molar-refractivity contribution is -0.0501. The van der Waals surface area contributed by atoms with Gasteiger partial charge in [-0.1, -0.05) is 12.1 Å². The Morgan fingerprint density at radius 3 is 2.38 bits per heavy atom. The summed E-state index contributed by atoms with van der Waals surface area (Å²) in [6, 6.07) is 12.4. The summed E-state index contributed by atoms with van der Waals surface area (Å²) in [6.45, 7) is -0.589. The molecule has 2 aromatic carbocycles. The number of alkyl halides is 2. The molecule has 0 atom stereocenters. The lowest BCUT2D eigenvalue weighted by atomic mass is 10.0. The van der Waals surface area contributed by atoms with E-state index >= 15 is 0 Å². The molecule has 110 valence electrons. The zero-order chi connectivity index (χ0) is 15.2. The highest BCUT2D eigenvalue weighted by atomic mass is 19.3. The number of ketones is 1. The second-order valence-corrected chi connectivity index (χ2v) is 4.16. The summed E-state index contributed by atoms with van der Waals surface area (Å²) in [6.07, 6.45) is 0. The average molecular weight is 292 g/mol. The average Bonchev–Trinajstić information content (AvgIpc) is 2.48. The predicted octanol–water partition coefficient (Wildman–Crippen LogP) is 3.92. The largest absolute Gasteiger partial charge is 0.494 e. The second-order valence-electron chi connectivity index (χ2n) is 4.16. The molecule has 0 radical (unpaired) electrons. The molecule has 0 bridgehead atoms. The van der Waals surface area contributed by atoms with Crippen LogP contribution in [-0.2, 0) is 0 Å². The van der Waals surface area contributed by atoms with Gasteiger partial charge in [0.2, 0.25) is 0 Å². The van der Waals surface area contributed by atoms with Crippen LogP contribution in [0.4, 0.5) is 8.78 Å². The van der Waals surface area contributed by atoms with Gasteiger partial charge in [0.25, 0.3) is 0 Å². The summed E-state index contributed by atoms with van der Waals surface area (Å²) in [5.74, 6) is 0.131. The van der Waals surface area contributed by atoms with Gasteiger partial charge in [-0.2, -0.15) is 8.78 Å². The van der Waals surface area contributed by atoms with E-state index in [0.717, 1.165) is 0 Å². The Balaban J connectivity index is 2.27. The highest BCUT2D eigenvalue weighted by molar-refractivity contribution is 6.10. The molecule has 0 spiro atoms. The second kappa shape index (κ2) is 6.83. The topological polar surface area (TPSA) is 35.5 Å². The van der Waals surface area contributed by atoms with Crippen LogP contribution in [0, 0.1) is 0 Å². The fourth-order valence-electron chi connectivity index (χ4n) is 1.88. The molecule has 0 N–H and O–H groups in total. The van der Waals surface area contributed by atoms with Crippen LogP contribution in [0.5, 0.6) is 11.5 Å². The summed E-state index contributed by atoms with van der Waals surface area (Å²) in [5, 5.41) is 0. The first-order valence-electron chi connectivity index (χ1n) is 6.43. The fourth-order valence-corrected chi connectivity index (χ4v) is 1.88. The minimum absolute atomic E-state index is 0.0990. The van der Waals surface area contributed by atoms with Crippen molar-refractivity contribution in [1.29, 1.82) is 0 Å². The molecule has 0 aromatic heterocycles. The first-order chi connectivity index (χ1) is 10.1. The molecule has 2 rings (SSSR count). The van der Waals surface area contributed by atoms with E-state index in [1.165, 1.54) is 18.2 Å². The first kappa shape index (κ1) is 15.0. The molecule has 3 nitrogen and oxygen atoms in total. The lowest BCUT2D eigenvalue weighted by Gasteiger charge is -2.10. The predicted molar refractivity (Wildman–Crippen MR) is 74.1 cm³/mol. The number of rotatable bonds is 6. The van der Waals surface area contributed by atoms with Crippen LogP contribution < -0.4 is 9.47 Å². The van der Waals surface area contributed by atoms with Gasteiger partial charge >= 0.3 is 6.61 Å². The molecular formula is C16H14F2O3. The third-order valence-corrected chi connectivity index (χ3v) is 2.78. The minimum Gasteiger partial charge on any atom is -0.494 e. The number of benzene rings is 2. The molecule has 0 heterocycles. The molecule has 0 saturated heterocycles. The number of carbonyl (C=O) groups is 1. The van der Waals surface area contributed by atoms with Crippen LogP contribution >= 0.6 is 0 Å². The van der Waals surface area contributed by atoms with E-state index in [2.05, 4.69) is 4.74 Å². The standard InChI is InChI=1S/C16H14F2O3/c1-2-20-12-9-7-11(8-10-12)15(19)13-5-3-4-6-14(13)21-16(17)18/h3-10,16H,2H2,1H3. The van der Waals surface area contributed by atoms with Crippen molar-refractivity contribution in [3.63, 3.8) is 0 Å². The number of ether oxygens (including phenoxy) is 2. The molecule has 2 aromatic rings. The van der Waals surface area contributed by atoms with E-state index in [0.29, 0.717) is 17.9 Å². The number of carbonyl (C=O) groups excluding carboxylic acids is 1. The Labute approximate surface area is 121 Å². The summed E-state index contributed by atoms with van der Waals surface area (Å²) >= 11 is 0. The van der Waals surface area contributed by atoms with E-state index in [1.807, 2.05) is 6.92 Å². The van der Waals surface area contributed by atoms with E-state index in [9.17, 15) is 13.6 Å². The molecular weight excluding hydrogens is 278 g/mol. The minimum atomic E-state index is -2.97. The van der Waals surface area contributed by atoms with Gasteiger partial charge < -0.3 is 9.47 Å². The number of halogens is 2. The highest BCUT2D eigenvalue weighted by Crippen LogP contribution is 2.24. The normalized spacial score (nSPS) is 10.5. The molecule has 21 heavy (non-hydrogen) atoms. The third kappa shape index (κ3) is 3.78. The molecule has 5 heteroatoms. The van der Waals surface area contributed by atoms with Crippen LogP contribution in [-0.4, -0.2) is 19.0 Å². The monoisotopic (exact) mass is 292 g/mol. The van der Waals surface area contributed by atoms with Crippen molar-refractivity contribution < 1.29 is 23.0 Å².